The van der Waals surface area contributed by atoms with E-state index in [-0.39, 0.29) is 24.4 Å². The Labute approximate surface area is 157 Å². The molecule has 2 aliphatic heterocycles. The van der Waals surface area contributed by atoms with Crippen LogP contribution in [0.3, 0.4) is 0 Å². The highest BCUT2D eigenvalue weighted by molar-refractivity contribution is 5.78. The number of anilines is 1. The number of halogens is 1. The van der Waals surface area contributed by atoms with Gasteiger partial charge in [-0.3, -0.25) is 4.79 Å². The largest absolute Gasteiger partial charge is 0.484 e. The topological polar surface area (TPSA) is 63.7 Å². The fourth-order valence-electron chi connectivity index (χ4n) is 3.68. The lowest BCUT2D eigenvalue weighted by molar-refractivity contribution is -0.133. The van der Waals surface area contributed by atoms with Crippen LogP contribution in [-0.4, -0.2) is 54.7 Å². The molecule has 27 heavy (non-hydrogen) atoms. The average molecular weight is 371 g/mol. The summed E-state index contributed by atoms with van der Waals surface area (Å²) in [5, 5.41) is 3.34. The molecule has 142 valence electrons. The van der Waals surface area contributed by atoms with Crippen LogP contribution in [0.4, 0.5) is 10.2 Å². The number of likely N-dealkylation sites (tertiary alicyclic amines) is 1. The molecule has 7 heteroatoms. The Hall–Kier alpha value is -2.67. The van der Waals surface area contributed by atoms with Gasteiger partial charge in [-0.25, -0.2) is 9.37 Å². The van der Waals surface area contributed by atoms with Gasteiger partial charge in [0.2, 0.25) is 0 Å². The summed E-state index contributed by atoms with van der Waals surface area (Å²) in [6.07, 6.45) is 1.84. The summed E-state index contributed by atoms with van der Waals surface area (Å²) in [6.45, 7) is 2.68. The van der Waals surface area contributed by atoms with Crippen LogP contribution in [0.1, 0.15) is 0 Å². The number of fused-ring (bicyclic) bond motifs is 1. The molecule has 1 N–H and O–H groups in total. The first kappa shape index (κ1) is 17.7. The maximum Gasteiger partial charge on any atom is 0.260 e. The first-order valence-electron chi connectivity index (χ1n) is 9.11. The highest BCUT2D eigenvalue weighted by Gasteiger charge is 2.45. The number of ether oxygens (including phenoxy) is 2. The second kappa shape index (κ2) is 7.92. The molecule has 1 amide bonds. The summed E-state index contributed by atoms with van der Waals surface area (Å²) in [6, 6.07) is 11.4. The van der Waals surface area contributed by atoms with E-state index >= 15 is 0 Å². The predicted octanol–water partition coefficient (Wildman–Crippen LogP) is 2.18. The molecule has 0 aliphatic carbocycles. The molecule has 0 bridgehead atoms. The first-order valence-corrected chi connectivity index (χ1v) is 9.11. The second-order valence-corrected chi connectivity index (χ2v) is 6.93. The van der Waals surface area contributed by atoms with Crippen LogP contribution in [0.2, 0.25) is 0 Å². The maximum absolute atomic E-state index is 12.9. The third-order valence-corrected chi connectivity index (χ3v) is 5.18. The molecule has 3 heterocycles. The molecule has 2 fully saturated rings. The van der Waals surface area contributed by atoms with Gasteiger partial charge in [0.1, 0.15) is 17.4 Å². The summed E-state index contributed by atoms with van der Waals surface area (Å²) in [4.78, 5) is 18.5. The van der Waals surface area contributed by atoms with Crippen LogP contribution in [0.15, 0.2) is 48.7 Å². The van der Waals surface area contributed by atoms with E-state index in [4.69, 9.17) is 9.47 Å². The number of benzene rings is 1. The number of carbonyl (C=O) groups is 1. The number of carbonyl (C=O) groups excluding carboxylic acids is 1. The molecule has 0 unspecified atom stereocenters. The molecule has 3 atom stereocenters. The SMILES string of the molecule is O=C(COc1ccc(F)cc1)N1C[C@H]2[C@H](CNc3ccccn3)CO[C@H]2C1. The summed E-state index contributed by atoms with van der Waals surface area (Å²) in [5.41, 5.74) is 0. The Balaban J connectivity index is 1.27. The normalized spacial score (nSPS) is 23.9. The lowest BCUT2D eigenvalue weighted by atomic mass is 9.93. The highest BCUT2D eigenvalue weighted by Crippen LogP contribution is 2.33. The highest BCUT2D eigenvalue weighted by atomic mass is 19.1. The van der Waals surface area contributed by atoms with E-state index in [1.807, 2.05) is 18.2 Å². The second-order valence-electron chi connectivity index (χ2n) is 6.93. The molecule has 6 nitrogen and oxygen atoms in total. The predicted molar refractivity (Wildman–Crippen MR) is 97.9 cm³/mol. The number of nitrogens with one attached hydrogen (secondary N) is 1. The molecule has 1 aromatic carbocycles. The summed E-state index contributed by atoms with van der Waals surface area (Å²) in [7, 11) is 0. The zero-order valence-electron chi connectivity index (χ0n) is 14.9. The van der Waals surface area contributed by atoms with Crippen LogP contribution in [0.5, 0.6) is 5.75 Å². The van der Waals surface area contributed by atoms with Gasteiger partial charge in [0.15, 0.2) is 6.61 Å². The van der Waals surface area contributed by atoms with Crippen molar-refractivity contribution < 1.29 is 18.7 Å². The number of amides is 1. The van der Waals surface area contributed by atoms with E-state index in [0.29, 0.717) is 37.3 Å². The molecule has 1 aromatic heterocycles. The van der Waals surface area contributed by atoms with Crippen molar-refractivity contribution in [1.29, 1.82) is 0 Å². The minimum absolute atomic E-state index is 0.0536. The van der Waals surface area contributed by atoms with Crippen molar-refractivity contribution in [2.45, 2.75) is 6.10 Å². The third kappa shape index (κ3) is 4.19. The monoisotopic (exact) mass is 371 g/mol. The Morgan fingerprint density at radius 1 is 1.26 bits per heavy atom. The Bertz CT molecular complexity index is 772. The first-order chi connectivity index (χ1) is 13.2. The van der Waals surface area contributed by atoms with Crippen molar-refractivity contribution in [2.75, 3.05) is 38.2 Å². The standard InChI is InChI=1S/C20H22FN3O3/c21-15-4-6-16(7-5-15)26-13-20(25)24-10-17-14(12-27-18(17)11-24)9-23-19-3-1-2-8-22-19/h1-8,14,17-18H,9-13H2,(H,22,23)/t14-,17+,18+/m1/s1. The quantitative estimate of drug-likeness (QED) is 0.843. The van der Waals surface area contributed by atoms with Crippen molar-refractivity contribution in [3.05, 3.63) is 54.5 Å². The lowest BCUT2D eigenvalue weighted by Gasteiger charge is -2.20. The van der Waals surface area contributed by atoms with Crippen LogP contribution in [0, 0.1) is 17.7 Å². The van der Waals surface area contributed by atoms with Crippen molar-refractivity contribution in [2.24, 2.45) is 11.8 Å². The number of hydrogen-bond acceptors (Lipinski definition) is 5. The molecule has 2 aliphatic rings. The van der Waals surface area contributed by atoms with E-state index in [0.717, 1.165) is 12.4 Å². The lowest BCUT2D eigenvalue weighted by Crippen LogP contribution is -2.35. The molecular formula is C20H22FN3O3. The van der Waals surface area contributed by atoms with Gasteiger partial charge >= 0.3 is 0 Å². The van der Waals surface area contributed by atoms with Crippen LogP contribution < -0.4 is 10.1 Å². The van der Waals surface area contributed by atoms with Crippen LogP contribution >= 0.6 is 0 Å². The van der Waals surface area contributed by atoms with Gasteiger partial charge in [-0.05, 0) is 36.4 Å². The number of aromatic nitrogens is 1. The van der Waals surface area contributed by atoms with E-state index in [9.17, 15) is 9.18 Å². The number of nitrogens with zero attached hydrogens (tertiary/aromatic N) is 2. The van der Waals surface area contributed by atoms with Crippen molar-refractivity contribution in [3.8, 4) is 5.75 Å². The molecule has 4 rings (SSSR count). The molecule has 0 spiro atoms. The summed E-state index contributed by atoms with van der Waals surface area (Å²) in [5.74, 6) is 1.58. The van der Waals surface area contributed by atoms with Gasteiger partial charge in [-0.15, -0.1) is 0 Å². The maximum atomic E-state index is 12.9. The zero-order chi connectivity index (χ0) is 18.6. The van der Waals surface area contributed by atoms with Crippen molar-refractivity contribution in [3.63, 3.8) is 0 Å². The van der Waals surface area contributed by atoms with Gasteiger partial charge in [-0.2, -0.15) is 0 Å². The molecule has 2 saturated heterocycles. The molecule has 2 aromatic rings. The Morgan fingerprint density at radius 2 is 2.11 bits per heavy atom. The average Bonchev–Trinajstić information content (AvgIpc) is 3.28. The Kier molecular flexibility index (Phi) is 5.20. The summed E-state index contributed by atoms with van der Waals surface area (Å²) >= 11 is 0. The number of pyridine rings is 1. The third-order valence-electron chi connectivity index (χ3n) is 5.18. The van der Waals surface area contributed by atoms with Crippen molar-refractivity contribution in [1.82, 2.24) is 9.88 Å². The number of hydrogen-bond donors (Lipinski definition) is 1. The molecule has 0 radical (unpaired) electrons. The van der Waals surface area contributed by atoms with E-state index in [1.165, 1.54) is 24.3 Å². The minimum Gasteiger partial charge on any atom is -0.484 e. The van der Waals surface area contributed by atoms with Gasteiger partial charge in [-0.1, -0.05) is 6.07 Å². The van der Waals surface area contributed by atoms with Gasteiger partial charge < -0.3 is 19.7 Å². The Morgan fingerprint density at radius 3 is 2.89 bits per heavy atom. The van der Waals surface area contributed by atoms with Gasteiger partial charge in [0, 0.05) is 37.7 Å². The fourth-order valence-corrected chi connectivity index (χ4v) is 3.68. The van der Waals surface area contributed by atoms with Crippen LogP contribution in [0.25, 0.3) is 0 Å². The smallest absolute Gasteiger partial charge is 0.260 e. The zero-order valence-corrected chi connectivity index (χ0v) is 14.9. The van der Waals surface area contributed by atoms with Gasteiger partial charge in [0.05, 0.1) is 12.7 Å². The van der Waals surface area contributed by atoms with E-state index < -0.39 is 0 Å². The fraction of sp³-hybridized carbons (Fsp3) is 0.400. The minimum atomic E-state index is -0.330. The van der Waals surface area contributed by atoms with E-state index in [2.05, 4.69) is 10.3 Å². The van der Waals surface area contributed by atoms with Crippen molar-refractivity contribution >= 4 is 11.7 Å². The summed E-state index contributed by atoms with van der Waals surface area (Å²) < 4.78 is 24.3. The van der Waals surface area contributed by atoms with Gasteiger partial charge in [0.25, 0.3) is 5.91 Å². The molecular weight excluding hydrogens is 349 g/mol. The van der Waals surface area contributed by atoms with E-state index in [1.54, 1.807) is 11.1 Å². The number of rotatable bonds is 6. The van der Waals surface area contributed by atoms with Crippen LogP contribution in [-0.2, 0) is 9.53 Å². The molecule has 0 saturated carbocycles.